The number of benzene rings is 2. The normalized spacial score (nSPS) is 10.4. The summed E-state index contributed by atoms with van der Waals surface area (Å²) in [6.45, 7) is 1.69. The molecule has 0 saturated heterocycles. The lowest BCUT2D eigenvalue weighted by molar-refractivity contribution is 0.794. The van der Waals surface area contributed by atoms with Crippen molar-refractivity contribution in [2.45, 2.75) is 12.8 Å². The standard InChI is InChI=1S/C19H18ClN5/c20-19-24-17-6-2-1-5-16(17)18(25-19)23-12-4-3-11-22-15-9-7-14(13-21)8-10-15/h1-2,5-10,22H,3-4,11-12H2,(H,23,24,25). The van der Waals surface area contributed by atoms with Gasteiger partial charge in [0, 0.05) is 24.2 Å². The van der Waals surface area contributed by atoms with E-state index in [2.05, 4.69) is 26.7 Å². The number of anilines is 2. The van der Waals surface area contributed by atoms with E-state index in [4.69, 9.17) is 16.9 Å². The van der Waals surface area contributed by atoms with Crippen LogP contribution in [-0.2, 0) is 0 Å². The molecule has 2 N–H and O–H groups in total. The molecule has 5 nitrogen and oxygen atoms in total. The fraction of sp³-hybridized carbons (Fsp3) is 0.211. The maximum atomic E-state index is 8.78. The van der Waals surface area contributed by atoms with Gasteiger partial charge in [-0.1, -0.05) is 12.1 Å². The first-order chi connectivity index (χ1) is 12.3. The Morgan fingerprint density at radius 1 is 0.920 bits per heavy atom. The number of fused-ring (bicyclic) bond motifs is 1. The molecule has 1 heterocycles. The highest BCUT2D eigenvalue weighted by Gasteiger charge is 2.05. The summed E-state index contributed by atoms with van der Waals surface area (Å²) >= 11 is 5.98. The number of nitrogens with one attached hydrogen (secondary N) is 2. The topological polar surface area (TPSA) is 73.6 Å². The highest BCUT2D eigenvalue weighted by atomic mass is 35.5. The van der Waals surface area contributed by atoms with Gasteiger partial charge in [0.15, 0.2) is 0 Å². The van der Waals surface area contributed by atoms with Crippen LogP contribution < -0.4 is 10.6 Å². The molecule has 126 valence electrons. The summed E-state index contributed by atoms with van der Waals surface area (Å²) in [5.74, 6) is 0.774. The van der Waals surface area contributed by atoms with Crippen LogP contribution in [0.15, 0.2) is 48.5 Å². The first kappa shape index (κ1) is 17.0. The van der Waals surface area contributed by atoms with Crippen LogP contribution in [0.25, 0.3) is 10.9 Å². The van der Waals surface area contributed by atoms with Gasteiger partial charge in [0.25, 0.3) is 0 Å². The van der Waals surface area contributed by atoms with Crippen LogP contribution in [0.4, 0.5) is 11.5 Å². The molecule has 0 bridgehead atoms. The molecule has 0 fully saturated rings. The molecule has 6 heteroatoms. The van der Waals surface area contributed by atoms with E-state index in [9.17, 15) is 0 Å². The van der Waals surface area contributed by atoms with Gasteiger partial charge in [-0.25, -0.2) is 9.97 Å². The lowest BCUT2D eigenvalue weighted by atomic mass is 10.2. The molecule has 2 aromatic carbocycles. The lowest BCUT2D eigenvalue weighted by Crippen LogP contribution is -2.08. The molecule has 25 heavy (non-hydrogen) atoms. The molecule has 3 aromatic rings. The van der Waals surface area contributed by atoms with E-state index in [1.165, 1.54) is 0 Å². The minimum atomic E-state index is 0.253. The lowest BCUT2D eigenvalue weighted by Gasteiger charge is -2.10. The van der Waals surface area contributed by atoms with Gasteiger partial charge in [0.05, 0.1) is 17.1 Å². The average molecular weight is 352 g/mol. The van der Waals surface area contributed by atoms with Gasteiger partial charge >= 0.3 is 0 Å². The highest BCUT2D eigenvalue weighted by Crippen LogP contribution is 2.21. The van der Waals surface area contributed by atoms with Gasteiger partial charge < -0.3 is 10.6 Å². The van der Waals surface area contributed by atoms with Crippen molar-refractivity contribution in [2.75, 3.05) is 23.7 Å². The first-order valence-electron chi connectivity index (χ1n) is 8.16. The number of para-hydroxylation sites is 1. The minimum absolute atomic E-state index is 0.253. The minimum Gasteiger partial charge on any atom is -0.385 e. The predicted molar refractivity (Wildman–Crippen MR) is 102 cm³/mol. The number of hydrogen-bond acceptors (Lipinski definition) is 5. The summed E-state index contributed by atoms with van der Waals surface area (Å²) in [6.07, 6.45) is 2.02. The van der Waals surface area contributed by atoms with Gasteiger partial charge in [-0.3, -0.25) is 0 Å². The number of aromatic nitrogens is 2. The molecular weight excluding hydrogens is 334 g/mol. The average Bonchev–Trinajstić information content (AvgIpc) is 2.64. The predicted octanol–water partition coefficient (Wildman–Crippen LogP) is 4.46. The van der Waals surface area contributed by atoms with Crippen molar-refractivity contribution in [2.24, 2.45) is 0 Å². The van der Waals surface area contributed by atoms with Gasteiger partial charge in [-0.2, -0.15) is 5.26 Å². The maximum absolute atomic E-state index is 8.78. The second-order valence-corrected chi connectivity index (χ2v) is 5.95. The zero-order valence-corrected chi connectivity index (χ0v) is 14.4. The van der Waals surface area contributed by atoms with Crippen molar-refractivity contribution in [1.29, 1.82) is 5.26 Å². The fourth-order valence-electron chi connectivity index (χ4n) is 2.54. The molecule has 0 atom stereocenters. The van der Waals surface area contributed by atoms with E-state index in [1.807, 2.05) is 48.5 Å². The molecule has 0 aliphatic heterocycles. The van der Waals surface area contributed by atoms with E-state index in [0.29, 0.717) is 5.56 Å². The second kappa shape index (κ2) is 8.32. The molecule has 0 amide bonds. The van der Waals surface area contributed by atoms with E-state index in [1.54, 1.807) is 0 Å². The van der Waals surface area contributed by atoms with Crippen LogP contribution in [-0.4, -0.2) is 23.1 Å². The highest BCUT2D eigenvalue weighted by molar-refractivity contribution is 6.28. The van der Waals surface area contributed by atoms with E-state index in [-0.39, 0.29) is 5.28 Å². The Kier molecular flexibility index (Phi) is 5.65. The quantitative estimate of drug-likeness (QED) is 0.485. The van der Waals surface area contributed by atoms with Gasteiger partial charge in [-0.05, 0) is 60.8 Å². The summed E-state index contributed by atoms with van der Waals surface area (Å²) in [5, 5.41) is 16.7. The van der Waals surface area contributed by atoms with Crippen LogP contribution in [0.5, 0.6) is 0 Å². The Morgan fingerprint density at radius 3 is 2.40 bits per heavy atom. The molecule has 0 radical (unpaired) electrons. The molecular formula is C19H18ClN5. The molecule has 0 spiro atoms. The van der Waals surface area contributed by atoms with E-state index in [0.717, 1.165) is 48.3 Å². The van der Waals surface area contributed by atoms with Crippen molar-refractivity contribution >= 4 is 34.0 Å². The Hall–Kier alpha value is -2.84. The van der Waals surface area contributed by atoms with Crippen molar-refractivity contribution in [3.8, 4) is 6.07 Å². The zero-order valence-electron chi connectivity index (χ0n) is 13.7. The molecule has 0 unspecified atom stereocenters. The third-order valence-corrected chi connectivity index (χ3v) is 3.98. The number of nitriles is 1. The van der Waals surface area contributed by atoms with Crippen LogP contribution >= 0.6 is 11.6 Å². The monoisotopic (exact) mass is 351 g/mol. The van der Waals surface area contributed by atoms with Crippen LogP contribution in [0.2, 0.25) is 5.28 Å². The number of unbranched alkanes of at least 4 members (excludes halogenated alkanes) is 1. The Balaban J connectivity index is 1.45. The van der Waals surface area contributed by atoms with Gasteiger partial charge in [0.2, 0.25) is 5.28 Å². The van der Waals surface area contributed by atoms with Crippen LogP contribution in [0.3, 0.4) is 0 Å². The molecule has 0 aliphatic carbocycles. The number of nitrogens with zero attached hydrogens (tertiary/aromatic N) is 3. The number of hydrogen-bond donors (Lipinski definition) is 2. The molecule has 3 rings (SSSR count). The van der Waals surface area contributed by atoms with Crippen LogP contribution in [0, 0.1) is 11.3 Å². The molecule has 0 aliphatic rings. The Labute approximate surface area is 151 Å². The van der Waals surface area contributed by atoms with Crippen molar-refractivity contribution in [3.05, 3.63) is 59.4 Å². The number of halogens is 1. The zero-order chi connectivity index (χ0) is 17.5. The van der Waals surface area contributed by atoms with Gasteiger partial charge in [0.1, 0.15) is 5.82 Å². The Bertz CT molecular complexity index is 886. The molecule has 0 saturated carbocycles. The smallest absolute Gasteiger partial charge is 0.224 e. The van der Waals surface area contributed by atoms with Crippen LogP contribution in [0.1, 0.15) is 18.4 Å². The van der Waals surface area contributed by atoms with E-state index >= 15 is 0 Å². The summed E-state index contributed by atoms with van der Waals surface area (Å²) in [6, 6.07) is 17.4. The maximum Gasteiger partial charge on any atom is 0.224 e. The van der Waals surface area contributed by atoms with Crippen molar-refractivity contribution < 1.29 is 0 Å². The largest absolute Gasteiger partial charge is 0.385 e. The summed E-state index contributed by atoms with van der Waals surface area (Å²) in [7, 11) is 0. The fourth-order valence-corrected chi connectivity index (χ4v) is 2.71. The summed E-state index contributed by atoms with van der Waals surface area (Å²) < 4.78 is 0. The second-order valence-electron chi connectivity index (χ2n) is 5.61. The van der Waals surface area contributed by atoms with E-state index < -0.39 is 0 Å². The number of rotatable bonds is 7. The SMILES string of the molecule is N#Cc1ccc(NCCCCNc2nc(Cl)nc3ccccc23)cc1. The summed E-state index contributed by atoms with van der Waals surface area (Å²) in [5.41, 5.74) is 2.54. The summed E-state index contributed by atoms with van der Waals surface area (Å²) in [4.78, 5) is 8.51. The third kappa shape index (κ3) is 4.59. The molecule has 1 aromatic heterocycles. The first-order valence-corrected chi connectivity index (χ1v) is 8.54. The van der Waals surface area contributed by atoms with Crippen molar-refractivity contribution in [3.63, 3.8) is 0 Å². The Morgan fingerprint density at radius 2 is 1.64 bits per heavy atom. The van der Waals surface area contributed by atoms with Gasteiger partial charge in [-0.15, -0.1) is 0 Å². The third-order valence-electron chi connectivity index (χ3n) is 3.82. The van der Waals surface area contributed by atoms with Crippen molar-refractivity contribution in [1.82, 2.24) is 9.97 Å².